The number of amides is 1. The Balaban J connectivity index is 0.00000137. The van der Waals surface area contributed by atoms with Gasteiger partial charge in [-0.05, 0) is 31.6 Å². The first kappa shape index (κ1) is 17.5. The molecule has 0 bridgehead atoms. The minimum atomic E-state index is 0.154. The highest BCUT2D eigenvalue weighted by Gasteiger charge is 2.37. The lowest BCUT2D eigenvalue weighted by molar-refractivity contribution is -0.139. The predicted molar refractivity (Wildman–Crippen MR) is 79.5 cm³/mol. The lowest BCUT2D eigenvalue weighted by atomic mass is 9.94. The van der Waals surface area contributed by atoms with Crippen molar-refractivity contribution in [1.29, 1.82) is 0 Å². The standard InChI is InChI=1S/C14H27NO.C2H6/c1-9(2)12(6)14(16)15-11(5)7-8-13(15)10(3)4;1-2/h9-13H,7-8H2,1-6H3;1-2H3/t11?,12?,13-;/m0./s1. The molecule has 1 amide bonds. The van der Waals surface area contributed by atoms with Gasteiger partial charge >= 0.3 is 0 Å². The average molecular weight is 255 g/mol. The molecular formula is C16H33NO. The third kappa shape index (κ3) is 4.00. The van der Waals surface area contributed by atoms with Gasteiger partial charge in [-0.3, -0.25) is 4.79 Å². The van der Waals surface area contributed by atoms with Gasteiger partial charge in [0.05, 0.1) is 0 Å². The van der Waals surface area contributed by atoms with Gasteiger partial charge in [-0.25, -0.2) is 0 Å². The first-order chi connectivity index (χ1) is 8.36. The molecule has 0 aromatic rings. The van der Waals surface area contributed by atoms with Gasteiger partial charge in [0.2, 0.25) is 5.91 Å². The summed E-state index contributed by atoms with van der Waals surface area (Å²) in [6.07, 6.45) is 2.34. The summed E-state index contributed by atoms with van der Waals surface area (Å²) in [6, 6.07) is 0.893. The van der Waals surface area contributed by atoms with Crippen LogP contribution >= 0.6 is 0 Å². The Hall–Kier alpha value is -0.530. The van der Waals surface area contributed by atoms with Gasteiger partial charge in [-0.15, -0.1) is 0 Å². The van der Waals surface area contributed by atoms with Gasteiger partial charge in [0, 0.05) is 18.0 Å². The Bertz CT molecular complexity index is 247. The lowest BCUT2D eigenvalue weighted by Crippen LogP contribution is -2.45. The maximum absolute atomic E-state index is 12.4. The number of likely N-dealkylation sites (tertiary alicyclic amines) is 1. The van der Waals surface area contributed by atoms with E-state index < -0.39 is 0 Å². The third-order valence-electron chi connectivity index (χ3n) is 4.13. The molecule has 0 saturated carbocycles. The second kappa shape index (κ2) is 7.81. The van der Waals surface area contributed by atoms with Crippen LogP contribution in [0, 0.1) is 17.8 Å². The average Bonchev–Trinajstić information content (AvgIpc) is 2.71. The lowest BCUT2D eigenvalue weighted by Gasteiger charge is -2.34. The minimum Gasteiger partial charge on any atom is -0.337 e. The first-order valence-corrected chi connectivity index (χ1v) is 7.68. The normalized spacial score (nSPS) is 25.1. The summed E-state index contributed by atoms with van der Waals surface area (Å²) in [6.45, 7) is 17.0. The monoisotopic (exact) mass is 255 g/mol. The van der Waals surface area contributed by atoms with Crippen LogP contribution in [0.2, 0.25) is 0 Å². The molecule has 1 aliphatic heterocycles. The zero-order valence-corrected chi connectivity index (χ0v) is 13.7. The fourth-order valence-corrected chi connectivity index (χ4v) is 2.57. The van der Waals surface area contributed by atoms with E-state index >= 15 is 0 Å². The van der Waals surface area contributed by atoms with Crippen molar-refractivity contribution in [3.8, 4) is 0 Å². The molecule has 1 rings (SSSR count). The third-order valence-corrected chi connectivity index (χ3v) is 4.13. The molecule has 0 radical (unpaired) electrons. The van der Waals surface area contributed by atoms with E-state index in [1.807, 2.05) is 13.8 Å². The molecule has 1 aliphatic rings. The fourth-order valence-electron chi connectivity index (χ4n) is 2.57. The SMILES string of the molecule is CC.CC(C)C(C)C(=O)N1C(C)CC[C@H]1C(C)C. The first-order valence-electron chi connectivity index (χ1n) is 7.68. The highest BCUT2D eigenvalue weighted by Crippen LogP contribution is 2.31. The Morgan fingerprint density at radius 2 is 1.56 bits per heavy atom. The van der Waals surface area contributed by atoms with Crippen LogP contribution in [0.4, 0.5) is 0 Å². The second-order valence-corrected chi connectivity index (χ2v) is 6.02. The zero-order chi connectivity index (χ0) is 14.5. The number of nitrogens with zero attached hydrogens (tertiary/aromatic N) is 1. The molecule has 2 nitrogen and oxygen atoms in total. The van der Waals surface area contributed by atoms with Crippen molar-refractivity contribution in [3.63, 3.8) is 0 Å². The molecule has 1 saturated heterocycles. The van der Waals surface area contributed by atoms with Crippen LogP contribution in [0.1, 0.15) is 68.2 Å². The minimum absolute atomic E-state index is 0.154. The molecule has 2 unspecified atom stereocenters. The summed E-state index contributed by atoms with van der Waals surface area (Å²) >= 11 is 0. The summed E-state index contributed by atoms with van der Waals surface area (Å²) in [7, 11) is 0. The maximum Gasteiger partial charge on any atom is 0.226 e. The van der Waals surface area contributed by atoms with Crippen molar-refractivity contribution < 1.29 is 4.79 Å². The molecule has 18 heavy (non-hydrogen) atoms. The van der Waals surface area contributed by atoms with Crippen molar-refractivity contribution in [3.05, 3.63) is 0 Å². The van der Waals surface area contributed by atoms with E-state index in [4.69, 9.17) is 0 Å². The predicted octanol–water partition coefficient (Wildman–Crippen LogP) is 4.34. The van der Waals surface area contributed by atoms with Gasteiger partial charge < -0.3 is 4.90 Å². The Morgan fingerprint density at radius 1 is 1.06 bits per heavy atom. The maximum atomic E-state index is 12.4. The quantitative estimate of drug-likeness (QED) is 0.734. The van der Waals surface area contributed by atoms with E-state index in [0.717, 1.165) is 0 Å². The van der Waals surface area contributed by atoms with Crippen LogP contribution < -0.4 is 0 Å². The van der Waals surface area contributed by atoms with Crippen LogP contribution in [0.15, 0.2) is 0 Å². The summed E-state index contributed by atoms with van der Waals surface area (Å²) in [4.78, 5) is 14.6. The largest absolute Gasteiger partial charge is 0.337 e. The number of carbonyl (C=O) groups excluding carboxylic acids is 1. The van der Waals surface area contributed by atoms with Crippen LogP contribution in [-0.2, 0) is 4.79 Å². The molecule has 108 valence electrons. The van der Waals surface area contributed by atoms with Crippen LogP contribution in [0.5, 0.6) is 0 Å². The van der Waals surface area contributed by atoms with E-state index in [2.05, 4.69) is 46.4 Å². The van der Waals surface area contributed by atoms with Gasteiger partial charge in [0.15, 0.2) is 0 Å². The van der Waals surface area contributed by atoms with E-state index in [0.29, 0.717) is 29.8 Å². The van der Waals surface area contributed by atoms with E-state index in [9.17, 15) is 4.79 Å². The van der Waals surface area contributed by atoms with Crippen LogP contribution in [0.25, 0.3) is 0 Å². The molecule has 2 heteroatoms. The zero-order valence-electron chi connectivity index (χ0n) is 13.7. The Labute approximate surface area is 114 Å². The number of hydrogen-bond acceptors (Lipinski definition) is 1. The molecule has 0 aromatic heterocycles. The smallest absolute Gasteiger partial charge is 0.226 e. The summed E-state index contributed by atoms with van der Waals surface area (Å²) < 4.78 is 0. The Morgan fingerprint density at radius 3 is 1.94 bits per heavy atom. The highest BCUT2D eigenvalue weighted by molar-refractivity contribution is 5.79. The number of rotatable bonds is 3. The van der Waals surface area contributed by atoms with Gasteiger partial charge in [-0.1, -0.05) is 48.5 Å². The molecule has 0 spiro atoms. The van der Waals surface area contributed by atoms with Gasteiger partial charge in [0.25, 0.3) is 0 Å². The molecule has 0 N–H and O–H groups in total. The van der Waals surface area contributed by atoms with Crippen molar-refractivity contribution in [2.24, 2.45) is 17.8 Å². The van der Waals surface area contributed by atoms with E-state index in [1.54, 1.807) is 0 Å². The molecule has 0 aromatic carbocycles. The number of carbonyl (C=O) groups is 1. The fraction of sp³-hybridized carbons (Fsp3) is 0.938. The van der Waals surface area contributed by atoms with E-state index in [1.165, 1.54) is 12.8 Å². The van der Waals surface area contributed by atoms with Crippen LogP contribution in [0.3, 0.4) is 0 Å². The van der Waals surface area contributed by atoms with E-state index in [-0.39, 0.29) is 5.92 Å². The van der Waals surface area contributed by atoms with Crippen molar-refractivity contribution in [2.75, 3.05) is 0 Å². The summed E-state index contributed by atoms with van der Waals surface area (Å²) in [5.74, 6) is 1.53. The van der Waals surface area contributed by atoms with Crippen LogP contribution in [-0.4, -0.2) is 22.9 Å². The molecular weight excluding hydrogens is 222 g/mol. The summed E-state index contributed by atoms with van der Waals surface area (Å²) in [5.41, 5.74) is 0. The van der Waals surface area contributed by atoms with Crippen molar-refractivity contribution in [1.82, 2.24) is 4.90 Å². The molecule has 1 heterocycles. The molecule has 1 fully saturated rings. The second-order valence-electron chi connectivity index (χ2n) is 6.02. The Kier molecular flexibility index (Phi) is 7.58. The molecule has 0 aliphatic carbocycles. The van der Waals surface area contributed by atoms with Gasteiger partial charge in [0.1, 0.15) is 0 Å². The topological polar surface area (TPSA) is 20.3 Å². The van der Waals surface area contributed by atoms with Crippen molar-refractivity contribution in [2.45, 2.75) is 80.3 Å². The van der Waals surface area contributed by atoms with Crippen molar-refractivity contribution >= 4 is 5.91 Å². The summed E-state index contributed by atoms with van der Waals surface area (Å²) in [5, 5.41) is 0. The number of hydrogen-bond donors (Lipinski definition) is 0. The van der Waals surface area contributed by atoms with Gasteiger partial charge in [-0.2, -0.15) is 0 Å². The molecule has 3 atom stereocenters. The highest BCUT2D eigenvalue weighted by atomic mass is 16.2.